The van der Waals surface area contributed by atoms with E-state index in [-0.39, 0.29) is 0 Å². The minimum Gasteiger partial charge on any atom is -0.465 e. The first-order valence-electron chi connectivity index (χ1n) is 5.13. The van der Waals surface area contributed by atoms with Crippen LogP contribution in [0.2, 0.25) is 5.02 Å². The molecule has 1 fully saturated rings. The quantitative estimate of drug-likeness (QED) is 0.824. The molecule has 0 atom stereocenters. The van der Waals surface area contributed by atoms with Gasteiger partial charge >= 0.3 is 5.97 Å². The number of methoxy groups -OCH3 is 1. The molecule has 0 bridgehead atoms. The van der Waals surface area contributed by atoms with Crippen molar-refractivity contribution in [2.75, 3.05) is 7.11 Å². The second-order valence-corrected chi connectivity index (χ2v) is 4.61. The van der Waals surface area contributed by atoms with Crippen LogP contribution >= 0.6 is 11.6 Å². The van der Waals surface area contributed by atoms with E-state index in [0.29, 0.717) is 17.0 Å². The van der Waals surface area contributed by atoms with Crippen LogP contribution in [-0.4, -0.2) is 23.8 Å². The smallest absolute Gasteiger partial charge is 0.339 e. The molecule has 0 saturated heterocycles. The van der Waals surface area contributed by atoms with Gasteiger partial charge in [0.25, 0.3) is 0 Å². The number of carbonyl (C=O) groups excluding carboxylic acids is 1. The fraction of sp³-hybridized carbons (Fsp3) is 0.417. The van der Waals surface area contributed by atoms with Crippen LogP contribution in [0.15, 0.2) is 18.2 Å². The maximum absolute atomic E-state index is 11.3. The number of benzene rings is 1. The third-order valence-corrected chi connectivity index (χ3v) is 3.11. The summed E-state index contributed by atoms with van der Waals surface area (Å²) in [7, 11) is 1.32. The highest BCUT2D eigenvalue weighted by atomic mass is 35.5. The van der Waals surface area contributed by atoms with Gasteiger partial charge in [-0.2, -0.15) is 0 Å². The molecule has 1 aromatic rings. The van der Waals surface area contributed by atoms with E-state index in [9.17, 15) is 9.90 Å². The fourth-order valence-corrected chi connectivity index (χ4v) is 1.93. The molecule has 1 saturated carbocycles. The highest BCUT2D eigenvalue weighted by Crippen LogP contribution is 2.38. The van der Waals surface area contributed by atoms with E-state index >= 15 is 0 Å². The Morgan fingerprint density at radius 2 is 2.25 bits per heavy atom. The topological polar surface area (TPSA) is 46.5 Å². The van der Waals surface area contributed by atoms with Gasteiger partial charge in [-0.15, -0.1) is 0 Å². The minimum atomic E-state index is -0.546. The first kappa shape index (κ1) is 11.4. The molecule has 0 heterocycles. The number of ether oxygens (including phenoxy) is 1. The van der Waals surface area contributed by atoms with Crippen LogP contribution in [0.4, 0.5) is 0 Å². The molecule has 0 radical (unpaired) electrons. The monoisotopic (exact) mass is 240 g/mol. The van der Waals surface area contributed by atoms with Gasteiger partial charge in [0, 0.05) is 6.42 Å². The van der Waals surface area contributed by atoms with Gasteiger partial charge < -0.3 is 9.84 Å². The largest absolute Gasteiger partial charge is 0.465 e. The highest BCUT2D eigenvalue weighted by molar-refractivity contribution is 6.33. The predicted octanol–water partition coefficient (Wildman–Crippen LogP) is 2.19. The van der Waals surface area contributed by atoms with Gasteiger partial charge in [-0.25, -0.2) is 4.79 Å². The number of hydrogen-bond donors (Lipinski definition) is 1. The second-order valence-electron chi connectivity index (χ2n) is 4.21. The molecule has 3 nitrogen and oxygen atoms in total. The van der Waals surface area contributed by atoms with Crippen molar-refractivity contribution in [3.05, 3.63) is 34.3 Å². The summed E-state index contributed by atoms with van der Waals surface area (Å²) in [5, 5.41) is 10.1. The lowest BCUT2D eigenvalue weighted by molar-refractivity contribution is 0.0601. The molecule has 0 spiro atoms. The molecule has 86 valence electrons. The molecule has 1 aliphatic carbocycles. The summed E-state index contributed by atoms with van der Waals surface area (Å²) in [6, 6.07) is 5.15. The Morgan fingerprint density at radius 1 is 1.56 bits per heavy atom. The van der Waals surface area contributed by atoms with E-state index in [2.05, 4.69) is 4.74 Å². The van der Waals surface area contributed by atoms with Crippen molar-refractivity contribution in [2.45, 2.75) is 24.9 Å². The molecule has 16 heavy (non-hydrogen) atoms. The molecule has 1 aliphatic rings. The number of halogens is 1. The van der Waals surface area contributed by atoms with Gasteiger partial charge in [0.15, 0.2) is 0 Å². The van der Waals surface area contributed by atoms with E-state index in [1.165, 1.54) is 7.11 Å². The maximum Gasteiger partial charge on any atom is 0.339 e. The fourth-order valence-electron chi connectivity index (χ4n) is 1.65. The molecule has 0 aliphatic heterocycles. The summed E-state index contributed by atoms with van der Waals surface area (Å²) in [4.78, 5) is 11.3. The predicted molar refractivity (Wildman–Crippen MR) is 60.7 cm³/mol. The zero-order valence-electron chi connectivity index (χ0n) is 9.00. The van der Waals surface area contributed by atoms with Gasteiger partial charge in [0.05, 0.1) is 23.3 Å². The highest BCUT2D eigenvalue weighted by Gasteiger charge is 2.40. The number of hydrogen-bond acceptors (Lipinski definition) is 3. The molecule has 0 unspecified atom stereocenters. The lowest BCUT2D eigenvalue weighted by Gasteiger charge is -2.09. The number of aliphatic hydroxyl groups is 1. The number of esters is 1. The average Bonchev–Trinajstić information content (AvgIpc) is 2.95. The Labute approximate surface area is 99.0 Å². The summed E-state index contributed by atoms with van der Waals surface area (Å²) in [5.41, 5.74) is 0.754. The van der Waals surface area contributed by atoms with E-state index in [1.54, 1.807) is 18.2 Å². The first-order valence-corrected chi connectivity index (χ1v) is 5.51. The van der Waals surface area contributed by atoms with Crippen LogP contribution in [-0.2, 0) is 11.2 Å². The van der Waals surface area contributed by atoms with Gasteiger partial charge in [0.2, 0.25) is 0 Å². The van der Waals surface area contributed by atoms with Crippen molar-refractivity contribution in [1.29, 1.82) is 0 Å². The van der Waals surface area contributed by atoms with Crippen LogP contribution in [0.25, 0.3) is 0 Å². The first-order chi connectivity index (χ1) is 7.54. The van der Waals surface area contributed by atoms with Crippen LogP contribution in [0.5, 0.6) is 0 Å². The Balaban J connectivity index is 2.18. The van der Waals surface area contributed by atoms with Crippen molar-refractivity contribution in [2.24, 2.45) is 0 Å². The molecule has 2 rings (SSSR count). The van der Waals surface area contributed by atoms with Crippen molar-refractivity contribution in [3.8, 4) is 0 Å². The van der Waals surface area contributed by atoms with Gasteiger partial charge in [-0.3, -0.25) is 0 Å². The molecule has 0 aromatic heterocycles. The number of carbonyl (C=O) groups is 1. The Hall–Kier alpha value is -1.06. The van der Waals surface area contributed by atoms with Gasteiger partial charge in [-0.1, -0.05) is 17.7 Å². The third kappa shape index (κ3) is 2.36. The average molecular weight is 241 g/mol. The van der Waals surface area contributed by atoms with E-state index in [1.807, 2.05) is 0 Å². The van der Waals surface area contributed by atoms with Crippen molar-refractivity contribution in [3.63, 3.8) is 0 Å². The standard InChI is InChI=1S/C12H13ClO3/c1-16-11(14)9-3-2-8(6-10(9)13)7-12(15)4-5-12/h2-3,6,15H,4-5,7H2,1H3. The summed E-state index contributed by atoms with van der Waals surface area (Å²) in [5.74, 6) is -0.443. The molecular formula is C12H13ClO3. The maximum atomic E-state index is 11.3. The molecule has 4 heteroatoms. The zero-order valence-corrected chi connectivity index (χ0v) is 9.75. The van der Waals surface area contributed by atoms with Gasteiger partial charge in [-0.05, 0) is 30.5 Å². The van der Waals surface area contributed by atoms with Gasteiger partial charge in [0.1, 0.15) is 0 Å². The Morgan fingerprint density at radius 3 is 2.75 bits per heavy atom. The van der Waals surface area contributed by atoms with Crippen LogP contribution in [0.1, 0.15) is 28.8 Å². The van der Waals surface area contributed by atoms with Crippen LogP contribution < -0.4 is 0 Å². The van der Waals surface area contributed by atoms with E-state index in [4.69, 9.17) is 11.6 Å². The molecule has 1 N–H and O–H groups in total. The Bertz CT molecular complexity index is 424. The normalized spacial score (nSPS) is 16.9. The van der Waals surface area contributed by atoms with Crippen LogP contribution in [0.3, 0.4) is 0 Å². The third-order valence-electron chi connectivity index (χ3n) is 2.80. The second kappa shape index (κ2) is 4.07. The zero-order chi connectivity index (χ0) is 11.8. The summed E-state index contributed by atoms with van der Waals surface area (Å²) >= 11 is 5.97. The molecule has 1 aromatic carbocycles. The lowest BCUT2D eigenvalue weighted by Crippen LogP contribution is -2.11. The van der Waals surface area contributed by atoms with Crippen molar-refractivity contribution >= 4 is 17.6 Å². The van der Waals surface area contributed by atoms with Crippen molar-refractivity contribution in [1.82, 2.24) is 0 Å². The van der Waals surface area contributed by atoms with Crippen LogP contribution in [0, 0.1) is 0 Å². The summed E-state index contributed by atoms with van der Waals surface area (Å²) in [6.45, 7) is 0. The lowest BCUT2D eigenvalue weighted by atomic mass is 10.0. The van der Waals surface area contributed by atoms with E-state index < -0.39 is 11.6 Å². The minimum absolute atomic E-state index is 0.357. The SMILES string of the molecule is COC(=O)c1ccc(CC2(O)CC2)cc1Cl. The molecular weight excluding hydrogens is 228 g/mol. The number of rotatable bonds is 3. The molecule has 0 amide bonds. The summed E-state index contributed by atoms with van der Waals surface area (Å²) in [6.07, 6.45) is 2.26. The Kier molecular flexibility index (Phi) is 2.91. The van der Waals surface area contributed by atoms with E-state index in [0.717, 1.165) is 18.4 Å². The summed E-state index contributed by atoms with van der Waals surface area (Å²) < 4.78 is 4.60. The van der Waals surface area contributed by atoms with Crippen molar-refractivity contribution < 1.29 is 14.6 Å².